The minimum Gasteiger partial charge on any atom is -0.376 e. The second-order valence-electron chi connectivity index (χ2n) is 2.98. The normalized spacial score (nSPS) is 24.2. The zero-order valence-electron chi connectivity index (χ0n) is 7.70. The van der Waals surface area contributed by atoms with E-state index < -0.39 is 12.0 Å². The Bertz CT molecular complexity index is 201. The Kier molecular flexibility index (Phi) is 5.29. The molecule has 0 aromatic heterocycles. The van der Waals surface area contributed by atoms with Crippen molar-refractivity contribution >= 4 is 28.0 Å². The third-order valence-corrected chi connectivity index (χ3v) is 2.42. The van der Waals surface area contributed by atoms with Gasteiger partial charge in [-0.15, -0.1) is 0 Å². The Morgan fingerprint density at radius 3 is 2.86 bits per heavy atom. The standard InChI is InChI=1S/C9H12BrO4/c10-2-1-8(12)7(5-11)9-6-13-3-4-14-9/h7,9H,1-4,6H2. The van der Waals surface area contributed by atoms with Crippen molar-refractivity contribution in [3.63, 3.8) is 0 Å². The molecule has 0 aromatic rings. The molecule has 4 nitrogen and oxygen atoms in total. The lowest BCUT2D eigenvalue weighted by atomic mass is 9.97. The average Bonchev–Trinajstić information content (AvgIpc) is 2.21. The van der Waals surface area contributed by atoms with Crippen molar-refractivity contribution in [2.75, 3.05) is 25.2 Å². The monoisotopic (exact) mass is 263 g/mol. The van der Waals surface area contributed by atoms with Gasteiger partial charge in [-0.05, 0) is 0 Å². The fourth-order valence-corrected chi connectivity index (χ4v) is 1.69. The van der Waals surface area contributed by atoms with Gasteiger partial charge >= 0.3 is 0 Å². The van der Waals surface area contributed by atoms with E-state index in [1.807, 2.05) is 0 Å². The first kappa shape index (κ1) is 11.8. The fraction of sp³-hybridized carbons (Fsp3) is 0.778. The summed E-state index contributed by atoms with van der Waals surface area (Å²) in [6.45, 7) is 1.26. The number of alkyl halides is 1. The van der Waals surface area contributed by atoms with Crippen molar-refractivity contribution in [3.8, 4) is 0 Å². The molecular weight excluding hydrogens is 252 g/mol. The van der Waals surface area contributed by atoms with E-state index >= 15 is 0 Å². The van der Waals surface area contributed by atoms with Crippen LogP contribution in [0.2, 0.25) is 0 Å². The van der Waals surface area contributed by atoms with Crippen molar-refractivity contribution in [3.05, 3.63) is 0 Å². The zero-order chi connectivity index (χ0) is 10.4. The third-order valence-electron chi connectivity index (χ3n) is 2.03. The summed E-state index contributed by atoms with van der Waals surface area (Å²) >= 11 is 3.15. The number of rotatable bonds is 5. The van der Waals surface area contributed by atoms with Gasteiger partial charge in [-0.25, -0.2) is 0 Å². The maximum atomic E-state index is 11.4. The lowest BCUT2D eigenvalue weighted by Crippen LogP contribution is -2.39. The highest BCUT2D eigenvalue weighted by atomic mass is 79.9. The summed E-state index contributed by atoms with van der Waals surface area (Å²) in [5.74, 6) is -0.944. The highest BCUT2D eigenvalue weighted by Crippen LogP contribution is 2.13. The lowest BCUT2D eigenvalue weighted by Gasteiger charge is -2.25. The van der Waals surface area contributed by atoms with Crippen LogP contribution in [0.5, 0.6) is 0 Å². The molecule has 0 aromatic carbocycles. The number of carbonyl (C=O) groups excluding carboxylic acids is 2. The lowest BCUT2D eigenvalue weighted by molar-refractivity contribution is -0.135. The highest BCUT2D eigenvalue weighted by molar-refractivity contribution is 9.09. The van der Waals surface area contributed by atoms with Gasteiger partial charge in [-0.2, -0.15) is 0 Å². The molecule has 14 heavy (non-hydrogen) atoms. The molecule has 2 atom stereocenters. The summed E-state index contributed by atoms with van der Waals surface area (Å²) in [6.07, 6.45) is 1.60. The summed E-state index contributed by atoms with van der Waals surface area (Å²) in [5, 5.41) is 0.553. The maximum absolute atomic E-state index is 11.4. The molecule has 0 spiro atoms. The smallest absolute Gasteiger partial charge is 0.212 e. The molecule has 1 aliphatic rings. The number of hydrogen-bond donors (Lipinski definition) is 0. The van der Waals surface area contributed by atoms with E-state index in [0.29, 0.717) is 31.6 Å². The highest BCUT2D eigenvalue weighted by Gasteiger charge is 2.30. The van der Waals surface area contributed by atoms with Gasteiger partial charge in [0, 0.05) is 11.8 Å². The molecule has 0 N–H and O–H groups in total. The van der Waals surface area contributed by atoms with Gasteiger partial charge in [0.25, 0.3) is 0 Å². The van der Waals surface area contributed by atoms with Crippen LogP contribution in [0.3, 0.4) is 0 Å². The van der Waals surface area contributed by atoms with E-state index in [-0.39, 0.29) is 5.78 Å². The molecule has 2 unspecified atom stereocenters. The first-order valence-corrected chi connectivity index (χ1v) is 5.57. The van der Waals surface area contributed by atoms with Crippen LogP contribution < -0.4 is 0 Å². The molecule has 1 radical (unpaired) electrons. The number of carbonyl (C=O) groups is 1. The van der Waals surface area contributed by atoms with E-state index in [9.17, 15) is 9.59 Å². The van der Waals surface area contributed by atoms with E-state index in [1.54, 1.807) is 6.29 Å². The number of ether oxygens (including phenoxy) is 2. The summed E-state index contributed by atoms with van der Waals surface area (Å²) < 4.78 is 10.4. The molecule has 79 valence electrons. The SMILES string of the molecule is O=[C]C(C(=O)CCBr)C1COCCO1. The molecular formula is C9H12BrO4. The van der Waals surface area contributed by atoms with Crippen LogP contribution in [0.15, 0.2) is 0 Å². The quantitative estimate of drug-likeness (QED) is 0.535. The van der Waals surface area contributed by atoms with E-state index in [0.717, 1.165) is 0 Å². The molecule has 1 rings (SSSR count). The Hall–Kier alpha value is -0.260. The van der Waals surface area contributed by atoms with E-state index in [4.69, 9.17) is 9.47 Å². The van der Waals surface area contributed by atoms with Gasteiger partial charge in [0.1, 0.15) is 11.7 Å². The van der Waals surface area contributed by atoms with Crippen LogP contribution in [0, 0.1) is 5.92 Å². The van der Waals surface area contributed by atoms with Gasteiger partial charge in [-0.3, -0.25) is 9.59 Å². The summed E-state index contributed by atoms with van der Waals surface area (Å²) in [6, 6.07) is 0. The molecule has 5 heteroatoms. The van der Waals surface area contributed by atoms with Crippen LogP contribution in [0.1, 0.15) is 6.42 Å². The maximum Gasteiger partial charge on any atom is 0.212 e. The van der Waals surface area contributed by atoms with Crippen molar-refractivity contribution in [2.45, 2.75) is 12.5 Å². The zero-order valence-corrected chi connectivity index (χ0v) is 9.29. The van der Waals surface area contributed by atoms with Crippen molar-refractivity contribution in [2.24, 2.45) is 5.92 Å². The molecule has 1 heterocycles. The molecule has 0 saturated carbocycles. The largest absolute Gasteiger partial charge is 0.376 e. The summed E-state index contributed by atoms with van der Waals surface area (Å²) in [4.78, 5) is 22.1. The molecule has 1 saturated heterocycles. The van der Waals surface area contributed by atoms with Gasteiger partial charge in [0.05, 0.1) is 25.9 Å². The molecule has 0 bridgehead atoms. The first-order valence-electron chi connectivity index (χ1n) is 4.45. The van der Waals surface area contributed by atoms with Crippen LogP contribution in [-0.4, -0.2) is 43.3 Å². The predicted molar refractivity (Wildman–Crippen MR) is 53.2 cm³/mol. The number of halogens is 1. The van der Waals surface area contributed by atoms with E-state index in [1.165, 1.54) is 0 Å². The van der Waals surface area contributed by atoms with Crippen LogP contribution >= 0.6 is 15.9 Å². The second-order valence-corrected chi connectivity index (χ2v) is 3.78. The van der Waals surface area contributed by atoms with Gasteiger partial charge in [0.2, 0.25) is 6.29 Å². The Morgan fingerprint density at radius 2 is 2.36 bits per heavy atom. The van der Waals surface area contributed by atoms with Gasteiger partial charge in [-0.1, -0.05) is 15.9 Å². The fourth-order valence-electron chi connectivity index (χ4n) is 1.30. The van der Waals surface area contributed by atoms with Gasteiger partial charge < -0.3 is 9.47 Å². The Labute approximate surface area is 91.1 Å². The molecule has 0 amide bonds. The second kappa shape index (κ2) is 6.27. The van der Waals surface area contributed by atoms with Crippen molar-refractivity contribution in [1.29, 1.82) is 0 Å². The van der Waals surface area contributed by atoms with Gasteiger partial charge in [0.15, 0.2) is 0 Å². The minimum absolute atomic E-state index is 0.146. The number of hydrogen-bond acceptors (Lipinski definition) is 4. The first-order chi connectivity index (χ1) is 6.79. The van der Waals surface area contributed by atoms with Crippen molar-refractivity contribution in [1.82, 2.24) is 0 Å². The molecule has 1 aliphatic heterocycles. The topological polar surface area (TPSA) is 52.6 Å². The summed E-state index contributed by atoms with van der Waals surface area (Å²) in [7, 11) is 0. The van der Waals surface area contributed by atoms with Crippen LogP contribution in [0.25, 0.3) is 0 Å². The number of Topliss-reactive ketones (excluding diaryl/α,β-unsaturated/α-hetero) is 1. The average molecular weight is 264 g/mol. The Balaban J connectivity index is 2.50. The number of ketones is 1. The molecule has 1 fully saturated rings. The van der Waals surface area contributed by atoms with Crippen LogP contribution in [-0.2, 0) is 19.1 Å². The van der Waals surface area contributed by atoms with E-state index in [2.05, 4.69) is 15.9 Å². The molecule has 0 aliphatic carbocycles. The predicted octanol–water partition coefficient (Wildman–Crippen LogP) is 0.482. The summed E-state index contributed by atoms with van der Waals surface area (Å²) in [5.41, 5.74) is 0. The third kappa shape index (κ3) is 3.15. The van der Waals surface area contributed by atoms with Crippen LogP contribution in [0.4, 0.5) is 0 Å². The minimum atomic E-state index is -0.798. The Morgan fingerprint density at radius 1 is 1.57 bits per heavy atom. The van der Waals surface area contributed by atoms with Crippen molar-refractivity contribution < 1.29 is 19.1 Å².